The van der Waals surface area contributed by atoms with E-state index >= 15 is 0 Å². The van der Waals surface area contributed by atoms with Crippen LogP contribution in [0.5, 0.6) is 0 Å². The Bertz CT molecular complexity index is 803. The van der Waals surface area contributed by atoms with Crippen molar-refractivity contribution in [3.05, 3.63) is 47.9 Å². The number of benzene rings is 1. The molecule has 0 radical (unpaired) electrons. The van der Waals surface area contributed by atoms with Gasteiger partial charge in [0.1, 0.15) is 11.5 Å². The Hall–Kier alpha value is -2.27. The molecule has 2 N–H and O–H groups in total. The number of nitrogens with two attached hydrogens (primary N) is 1. The number of hydrogen-bond acceptors (Lipinski definition) is 3. The van der Waals surface area contributed by atoms with Crippen LogP contribution in [0, 0.1) is 5.82 Å². The van der Waals surface area contributed by atoms with E-state index in [9.17, 15) is 4.39 Å². The number of aromatic nitrogens is 3. The number of halogens is 1. The molecule has 0 unspecified atom stereocenters. The van der Waals surface area contributed by atoms with Gasteiger partial charge in [-0.25, -0.2) is 9.37 Å². The predicted molar refractivity (Wildman–Crippen MR) is 79.1 cm³/mol. The van der Waals surface area contributed by atoms with E-state index in [0.717, 1.165) is 41.0 Å². The average molecular weight is 282 g/mol. The van der Waals surface area contributed by atoms with Crippen molar-refractivity contribution in [3.63, 3.8) is 0 Å². The van der Waals surface area contributed by atoms with E-state index in [1.54, 1.807) is 18.3 Å². The van der Waals surface area contributed by atoms with Crippen LogP contribution in [0.4, 0.5) is 4.39 Å². The fourth-order valence-corrected chi connectivity index (χ4v) is 2.63. The van der Waals surface area contributed by atoms with Gasteiger partial charge in [-0.3, -0.25) is 4.98 Å². The SMILES string of the molecule is NCc1ccc(-c2nc3ccc(F)cc3n2C2CC2)nc1. The standard InChI is InChI=1S/C16H15FN4/c17-11-2-6-13-15(7-11)21(12-3-4-12)16(20-13)14-5-1-10(8-18)9-19-14/h1-2,5-7,9,12H,3-4,8,18H2. The highest BCUT2D eigenvalue weighted by molar-refractivity contribution is 5.80. The number of nitrogens with zero attached hydrogens (tertiary/aromatic N) is 3. The molecule has 2 aromatic heterocycles. The minimum absolute atomic E-state index is 0.234. The Morgan fingerprint density at radius 2 is 2.10 bits per heavy atom. The van der Waals surface area contributed by atoms with Crippen LogP contribution >= 0.6 is 0 Å². The Kier molecular flexibility index (Phi) is 2.75. The summed E-state index contributed by atoms with van der Waals surface area (Å²) in [5.74, 6) is 0.573. The second kappa shape index (κ2) is 4.63. The zero-order valence-corrected chi connectivity index (χ0v) is 11.5. The molecule has 0 saturated heterocycles. The number of rotatable bonds is 3. The summed E-state index contributed by atoms with van der Waals surface area (Å²) >= 11 is 0. The maximum atomic E-state index is 13.5. The molecular formula is C16H15FN4. The van der Waals surface area contributed by atoms with Crippen molar-refractivity contribution in [2.24, 2.45) is 5.73 Å². The van der Waals surface area contributed by atoms with Gasteiger partial charge in [0.05, 0.1) is 11.0 Å². The summed E-state index contributed by atoms with van der Waals surface area (Å²) < 4.78 is 15.7. The first-order valence-corrected chi connectivity index (χ1v) is 7.09. The van der Waals surface area contributed by atoms with Gasteiger partial charge in [-0.2, -0.15) is 0 Å². The van der Waals surface area contributed by atoms with Gasteiger partial charge >= 0.3 is 0 Å². The van der Waals surface area contributed by atoms with Crippen LogP contribution in [-0.4, -0.2) is 14.5 Å². The molecule has 0 spiro atoms. The zero-order valence-electron chi connectivity index (χ0n) is 11.5. The van der Waals surface area contributed by atoms with Crippen molar-refractivity contribution >= 4 is 11.0 Å². The maximum absolute atomic E-state index is 13.5. The summed E-state index contributed by atoms with van der Waals surface area (Å²) in [6.07, 6.45) is 3.98. The van der Waals surface area contributed by atoms with Crippen molar-refractivity contribution in [3.8, 4) is 11.5 Å². The second-order valence-electron chi connectivity index (χ2n) is 5.43. The van der Waals surface area contributed by atoms with E-state index in [2.05, 4.69) is 14.5 Å². The summed E-state index contributed by atoms with van der Waals surface area (Å²) in [5.41, 5.74) is 9.04. The Morgan fingerprint density at radius 1 is 1.24 bits per heavy atom. The zero-order chi connectivity index (χ0) is 14.4. The van der Waals surface area contributed by atoms with Gasteiger partial charge in [0.2, 0.25) is 0 Å². The normalized spacial score (nSPS) is 14.8. The number of imidazole rings is 1. The fraction of sp³-hybridized carbons (Fsp3) is 0.250. The topological polar surface area (TPSA) is 56.7 Å². The van der Waals surface area contributed by atoms with Gasteiger partial charge in [0.15, 0.2) is 5.82 Å². The predicted octanol–water partition coefficient (Wildman–Crippen LogP) is 3.03. The Morgan fingerprint density at radius 3 is 2.76 bits per heavy atom. The molecule has 1 aliphatic rings. The minimum atomic E-state index is -0.234. The quantitative estimate of drug-likeness (QED) is 0.803. The van der Waals surface area contributed by atoms with Crippen LogP contribution in [-0.2, 0) is 6.54 Å². The minimum Gasteiger partial charge on any atom is -0.326 e. The molecule has 0 amide bonds. The van der Waals surface area contributed by atoms with Crippen molar-refractivity contribution in [1.82, 2.24) is 14.5 Å². The van der Waals surface area contributed by atoms with Gasteiger partial charge in [0.25, 0.3) is 0 Å². The van der Waals surface area contributed by atoms with E-state index in [0.29, 0.717) is 12.6 Å². The van der Waals surface area contributed by atoms with E-state index in [-0.39, 0.29) is 5.82 Å². The van der Waals surface area contributed by atoms with Crippen LogP contribution < -0.4 is 5.73 Å². The van der Waals surface area contributed by atoms with Crippen molar-refractivity contribution in [2.45, 2.75) is 25.4 Å². The molecule has 3 aromatic rings. The molecular weight excluding hydrogens is 267 g/mol. The highest BCUT2D eigenvalue weighted by atomic mass is 19.1. The third-order valence-electron chi connectivity index (χ3n) is 3.85. The van der Waals surface area contributed by atoms with Gasteiger partial charge in [-0.05, 0) is 42.7 Å². The monoisotopic (exact) mass is 282 g/mol. The molecule has 21 heavy (non-hydrogen) atoms. The Labute approximate surface area is 121 Å². The molecule has 2 heterocycles. The van der Waals surface area contributed by atoms with Gasteiger partial charge in [0, 0.05) is 18.8 Å². The first kappa shape index (κ1) is 12.5. The molecule has 1 saturated carbocycles. The molecule has 0 atom stereocenters. The molecule has 1 aromatic carbocycles. The molecule has 0 bridgehead atoms. The molecule has 1 fully saturated rings. The summed E-state index contributed by atoms with van der Waals surface area (Å²) in [5, 5.41) is 0. The fourth-order valence-electron chi connectivity index (χ4n) is 2.63. The first-order chi connectivity index (χ1) is 10.3. The summed E-state index contributed by atoms with van der Waals surface area (Å²) in [7, 11) is 0. The largest absolute Gasteiger partial charge is 0.326 e. The van der Waals surface area contributed by atoms with E-state index in [1.165, 1.54) is 6.07 Å². The van der Waals surface area contributed by atoms with Gasteiger partial charge in [-0.15, -0.1) is 0 Å². The number of pyridine rings is 1. The maximum Gasteiger partial charge on any atom is 0.160 e. The van der Waals surface area contributed by atoms with E-state index < -0.39 is 0 Å². The highest BCUT2D eigenvalue weighted by Gasteiger charge is 2.29. The lowest BCUT2D eigenvalue weighted by molar-refractivity contribution is 0.628. The first-order valence-electron chi connectivity index (χ1n) is 7.09. The molecule has 0 aliphatic heterocycles. The summed E-state index contributed by atoms with van der Waals surface area (Å²) in [6, 6.07) is 9.02. The second-order valence-corrected chi connectivity index (χ2v) is 5.43. The lowest BCUT2D eigenvalue weighted by Crippen LogP contribution is -2.01. The smallest absolute Gasteiger partial charge is 0.160 e. The van der Waals surface area contributed by atoms with E-state index in [4.69, 9.17) is 5.73 Å². The third kappa shape index (κ3) is 2.10. The molecule has 4 rings (SSSR count). The van der Waals surface area contributed by atoms with Crippen LogP contribution in [0.1, 0.15) is 24.4 Å². The average Bonchev–Trinajstić information content (AvgIpc) is 3.28. The Balaban J connectivity index is 1.92. The van der Waals surface area contributed by atoms with Crippen molar-refractivity contribution in [1.29, 1.82) is 0 Å². The molecule has 1 aliphatic carbocycles. The summed E-state index contributed by atoms with van der Waals surface area (Å²) in [6.45, 7) is 0.470. The summed E-state index contributed by atoms with van der Waals surface area (Å²) in [4.78, 5) is 9.09. The lowest BCUT2D eigenvalue weighted by atomic mass is 10.2. The third-order valence-corrected chi connectivity index (χ3v) is 3.85. The highest BCUT2D eigenvalue weighted by Crippen LogP contribution is 2.41. The van der Waals surface area contributed by atoms with Crippen LogP contribution in [0.3, 0.4) is 0 Å². The molecule has 4 nitrogen and oxygen atoms in total. The molecule has 5 heteroatoms. The number of hydrogen-bond donors (Lipinski definition) is 1. The van der Waals surface area contributed by atoms with Crippen molar-refractivity contribution < 1.29 is 4.39 Å². The number of fused-ring (bicyclic) bond motifs is 1. The van der Waals surface area contributed by atoms with Crippen LogP contribution in [0.15, 0.2) is 36.5 Å². The van der Waals surface area contributed by atoms with Crippen LogP contribution in [0.2, 0.25) is 0 Å². The van der Waals surface area contributed by atoms with Gasteiger partial charge in [-0.1, -0.05) is 6.07 Å². The van der Waals surface area contributed by atoms with Crippen molar-refractivity contribution in [2.75, 3.05) is 0 Å². The molecule has 106 valence electrons. The van der Waals surface area contributed by atoms with Crippen LogP contribution in [0.25, 0.3) is 22.6 Å². The van der Waals surface area contributed by atoms with E-state index in [1.807, 2.05) is 12.1 Å². The van der Waals surface area contributed by atoms with Gasteiger partial charge < -0.3 is 10.3 Å². The lowest BCUT2D eigenvalue weighted by Gasteiger charge is -2.07.